The fourth-order valence-corrected chi connectivity index (χ4v) is 1.49. The summed E-state index contributed by atoms with van der Waals surface area (Å²) in [4.78, 5) is 7.25. The average Bonchev–Trinajstić information content (AvgIpc) is 2.04. The summed E-state index contributed by atoms with van der Waals surface area (Å²) in [5.74, 6) is 0.431. The van der Waals surface area contributed by atoms with E-state index in [1.54, 1.807) is 29.6 Å². The molecule has 0 spiro atoms. The molecule has 1 N–H and O–H groups in total. The van der Waals surface area contributed by atoms with Gasteiger partial charge in [0.1, 0.15) is 17.8 Å². The van der Waals surface area contributed by atoms with E-state index in [1.165, 1.54) is 0 Å². The molecule has 1 aromatic rings. The van der Waals surface area contributed by atoms with Crippen LogP contribution in [0.1, 0.15) is 12.1 Å². The number of hydrogen-bond acceptors (Lipinski definition) is 3. The van der Waals surface area contributed by atoms with E-state index in [0.717, 1.165) is 6.33 Å². The van der Waals surface area contributed by atoms with Crippen molar-refractivity contribution >= 4 is 28.4 Å². The van der Waals surface area contributed by atoms with E-state index in [4.69, 9.17) is 0 Å². The summed E-state index contributed by atoms with van der Waals surface area (Å²) >= 11 is 1.79. The number of halogens is 3. The van der Waals surface area contributed by atoms with Gasteiger partial charge in [-0.25, -0.2) is 18.7 Å². The van der Waals surface area contributed by atoms with Gasteiger partial charge in [-0.2, -0.15) is 0 Å². The molecule has 3 nitrogen and oxygen atoms in total. The molecule has 1 aromatic heterocycles. The first-order valence-corrected chi connectivity index (χ1v) is 4.21. The van der Waals surface area contributed by atoms with Crippen molar-refractivity contribution < 1.29 is 8.78 Å². The molecule has 0 aromatic carbocycles. The van der Waals surface area contributed by atoms with Crippen molar-refractivity contribution in [2.75, 3.05) is 12.4 Å². The van der Waals surface area contributed by atoms with Crippen LogP contribution < -0.4 is 5.32 Å². The van der Waals surface area contributed by atoms with Gasteiger partial charge in [-0.05, 0) is 22.6 Å². The molecule has 0 fully saturated rings. The molecule has 0 aliphatic carbocycles. The van der Waals surface area contributed by atoms with Gasteiger partial charge in [0.15, 0.2) is 0 Å². The Morgan fingerprint density at radius 3 is 2.67 bits per heavy atom. The van der Waals surface area contributed by atoms with Crippen LogP contribution in [0.5, 0.6) is 0 Å². The van der Waals surface area contributed by atoms with Crippen LogP contribution in [-0.4, -0.2) is 17.0 Å². The van der Waals surface area contributed by atoms with E-state index in [-0.39, 0.29) is 5.69 Å². The molecule has 0 radical (unpaired) electrons. The number of aromatic nitrogens is 2. The summed E-state index contributed by atoms with van der Waals surface area (Å²) in [7, 11) is 1.62. The highest BCUT2D eigenvalue weighted by Crippen LogP contribution is 2.25. The number of rotatable bonds is 2. The first kappa shape index (κ1) is 9.56. The molecule has 0 saturated carbocycles. The minimum atomic E-state index is -2.55. The van der Waals surface area contributed by atoms with Crippen molar-refractivity contribution in [2.45, 2.75) is 6.43 Å². The summed E-state index contributed by atoms with van der Waals surface area (Å²) in [6.07, 6.45) is -1.43. The third-order valence-corrected chi connectivity index (χ3v) is 2.32. The number of anilines is 1. The second kappa shape index (κ2) is 3.92. The maximum atomic E-state index is 12.2. The predicted octanol–water partition coefficient (Wildman–Crippen LogP) is 2.06. The second-order valence-corrected chi connectivity index (χ2v) is 3.05. The molecule has 12 heavy (non-hydrogen) atoms. The van der Waals surface area contributed by atoms with Gasteiger partial charge in [0.2, 0.25) is 0 Å². The molecule has 0 aliphatic rings. The maximum Gasteiger partial charge on any atom is 0.281 e. The molecule has 1 rings (SSSR count). The first-order chi connectivity index (χ1) is 5.66. The summed E-state index contributed by atoms with van der Waals surface area (Å²) < 4.78 is 24.8. The van der Waals surface area contributed by atoms with Crippen LogP contribution in [0.3, 0.4) is 0 Å². The lowest BCUT2D eigenvalue weighted by Crippen LogP contribution is -2.02. The number of nitrogens with one attached hydrogen (secondary N) is 1. The standard InChI is InChI=1S/C6H6F2IN3/c1-10-6-3(9)4(5(7)8)11-2-12-6/h2,5H,1H3,(H,10,11,12). The van der Waals surface area contributed by atoms with Crippen molar-refractivity contribution in [1.82, 2.24) is 9.97 Å². The normalized spacial score (nSPS) is 10.4. The Bertz CT molecular complexity index is 279. The van der Waals surface area contributed by atoms with Crippen LogP contribution >= 0.6 is 22.6 Å². The van der Waals surface area contributed by atoms with E-state index in [0.29, 0.717) is 9.39 Å². The highest BCUT2D eigenvalue weighted by atomic mass is 127. The van der Waals surface area contributed by atoms with Crippen molar-refractivity contribution in [2.24, 2.45) is 0 Å². The molecule has 0 saturated heterocycles. The largest absolute Gasteiger partial charge is 0.372 e. The Morgan fingerprint density at radius 2 is 2.17 bits per heavy atom. The Balaban J connectivity index is 3.14. The van der Waals surface area contributed by atoms with Gasteiger partial charge in [-0.3, -0.25) is 0 Å². The molecule has 0 aliphatic heterocycles. The molecule has 0 amide bonds. The molecule has 0 unspecified atom stereocenters. The first-order valence-electron chi connectivity index (χ1n) is 3.13. The average molecular weight is 285 g/mol. The van der Waals surface area contributed by atoms with Gasteiger partial charge in [0.25, 0.3) is 6.43 Å². The van der Waals surface area contributed by atoms with Crippen LogP contribution in [0.4, 0.5) is 14.6 Å². The topological polar surface area (TPSA) is 37.8 Å². The minimum Gasteiger partial charge on any atom is -0.372 e. The molecular weight excluding hydrogens is 279 g/mol. The number of hydrogen-bond donors (Lipinski definition) is 1. The van der Waals surface area contributed by atoms with E-state index < -0.39 is 6.43 Å². The number of alkyl halides is 2. The zero-order valence-electron chi connectivity index (χ0n) is 6.18. The zero-order valence-corrected chi connectivity index (χ0v) is 8.34. The monoisotopic (exact) mass is 285 g/mol. The van der Waals surface area contributed by atoms with Gasteiger partial charge in [0.05, 0.1) is 3.57 Å². The zero-order chi connectivity index (χ0) is 9.14. The van der Waals surface area contributed by atoms with Crippen molar-refractivity contribution in [3.8, 4) is 0 Å². The molecular formula is C6H6F2IN3. The van der Waals surface area contributed by atoms with E-state index in [1.807, 2.05) is 0 Å². The van der Waals surface area contributed by atoms with E-state index in [2.05, 4.69) is 15.3 Å². The van der Waals surface area contributed by atoms with Crippen LogP contribution in [-0.2, 0) is 0 Å². The van der Waals surface area contributed by atoms with Crippen LogP contribution in [0, 0.1) is 3.57 Å². The lowest BCUT2D eigenvalue weighted by atomic mass is 10.4. The summed E-state index contributed by atoms with van der Waals surface area (Å²) in [5.41, 5.74) is -0.227. The highest BCUT2D eigenvalue weighted by molar-refractivity contribution is 14.1. The van der Waals surface area contributed by atoms with Gasteiger partial charge in [0, 0.05) is 7.05 Å². The Morgan fingerprint density at radius 1 is 1.50 bits per heavy atom. The van der Waals surface area contributed by atoms with Crippen molar-refractivity contribution in [3.63, 3.8) is 0 Å². The summed E-state index contributed by atoms with van der Waals surface area (Å²) in [5, 5.41) is 2.70. The van der Waals surface area contributed by atoms with Gasteiger partial charge in [-0.15, -0.1) is 0 Å². The molecule has 0 atom stereocenters. The SMILES string of the molecule is CNc1ncnc(C(F)F)c1I. The van der Waals surface area contributed by atoms with Crippen molar-refractivity contribution in [3.05, 3.63) is 15.6 Å². The van der Waals surface area contributed by atoms with Gasteiger partial charge < -0.3 is 5.32 Å². The fourth-order valence-electron chi connectivity index (χ4n) is 0.710. The maximum absolute atomic E-state index is 12.2. The lowest BCUT2D eigenvalue weighted by molar-refractivity contribution is 0.145. The quantitative estimate of drug-likeness (QED) is 0.845. The van der Waals surface area contributed by atoms with E-state index >= 15 is 0 Å². The van der Waals surface area contributed by atoms with Crippen LogP contribution in [0.2, 0.25) is 0 Å². The van der Waals surface area contributed by atoms with Crippen LogP contribution in [0.15, 0.2) is 6.33 Å². The van der Waals surface area contributed by atoms with Gasteiger partial charge >= 0.3 is 0 Å². The Hall–Kier alpha value is -0.530. The third kappa shape index (κ3) is 1.79. The molecule has 1 heterocycles. The number of nitrogens with zero attached hydrogens (tertiary/aromatic N) is 2. The van der Waals surface area contributed by atoms with Gasteiger partial charge in [-0.1, -0.05) is 0 Å². The minimum absolute atomic E-state index is 0.227. The fraction of sp³-hybridized carbons (Fsp3) is 0.333. The summed E-state index contributed by atoms with van der Waals surface area (Å²) in [6.45, 7) is 0. The summed E-state index contributed by atoms with van der Waals surface area (Å²) in [6, 6.07) is 0. The highest BCUT2D eigenvalue weighted by Gasteiger charge is 2.15. The van der Waals surface area contributed by atoms with E-state index in [9.17, 15) is 8.78 Å². The smallest absolute Gasteiger partial charge is 0.281 e. The predicted molar refractivity (Wildman–Crippen MR) is 49.3 cm³/mol. The Kier molecular flexibility index (Phi) is 3.12. The second-order valence-electron chi connectivity index (χ2n) is 1.97. The van der Waals surface area contributed by atoms with Crippen LogP contribution in [0.25, 0.3) is 0 Å². The Labute approximate surface area is 81.7 Å². The third-order valence-electron chi connectivity index (χ3n) is 1.26. The molecule has 6 heteroatoms. The van der Waals surface area contributed by atoms with Crippen molar-refractivity contribution in [1.29, 1.82) is 0 Å². The molecule has 66 valence electrons. The lowest BCUT2D eigenvalue weighted by Gasteiger charge is -2.05. The molecule has 0 bridgehead atoms.